The van der Waals surface area contributed by atoms with Gasteiger partial charge in [-0.2, -0.15) is 0 Å². The first-order valence-corrected chi connectivity index (χ1v) is 19.4. The topological polar surface area (TPSA) is 178 Å². The van der Waals surface area contributed by atoms with E-state index in [-0.39, 0.29) is 41.8 Å². The summed E-state index contributed by atoms with van der Waals surface area (Å²) in [5.41, 5.74) is 11.2. The van der Waals surface area contributed by atoms with Crippen LogP contribution in [0.1, 0.15) is 77.1 Å². The molecule has 14 heteroatoms. The Morgan fingerprint density at radius 2 is 1.24 bits per heavy atom. The highest BCUT2D eigenvalue weighted by Crippen LogP contribution is 2.35. The molecule has 7 rings (SSSR count). The number of carbonyl (C=O) groups excluding carboxylic acids is 3. The molecule has 0 radical (unpaired) electrons. The molecular formula is C41H52N10O4. The monoisotopic (exact) mass is 748 g/mol. The van der Waals surface area contributed by atoms with Crippen molar-refractivity contribution < 1.29 is 19.1 Å². The van der Waals surface area contributed by atoms with E-state index in [4.69, 9.17) is 15.5 Å². The van der Waals surface area contributed by atoms with Gasteiger partial charge in [-0.1, -0.05) is 76.2 Å². The van der Waals surface area contributed by atoms with Crippen LogP contribution in [0.25, 0.3) is 33.6 Å². The molecule has 2 fully saturated rings. The summed E-state index contributed by atoms with van der Waals surface area (Å²) < 4.78 is 5.18. The Labute approximate surface area is 321 Å². The molecule has 55 heavy (non-hydrogen) atoms. The third kappa shape index (κ3) is 7.94. The number of hydrogen-bond acceptors (Lipinski definition) is 9. The predicted octanol–water partition coefficient (Wildman–Crippen LogP) is 5.50. The van der Waals surface area contributed by atoms with E-state index in [1.807, 2.05) is 32.0 Å². The van der Waals surface area contributed by atoms with Crippen LogP contribution < -0.4 is 11.1 Å². The van der Waals surface area contributed by atoms with Gasteiger partial charge < -0.3 is 40.5 Å². The number of primary amides is 1. The molecule has 3 aliphatic heterocycles. The van der Waals surface area contributed by atoms with Crippen molar-refractivity contribution in [2.45, 2.75) is 77.6 Å². The first kappa shape index (κ1) is 37.6. The van der Waals surface area contributed by atoms with Crippen molar-refractivity contribution >= 4 is 23.9 Å². The Hall–Kier alpha value is -5.66. The lowest BCUT2D eigenvalue weighted by Gasteiger charge is -2.31. The van der Waals surface area contributed by atoms with Gasteiger partial charge in [0.15, 0.2) is 12.1 Å². The van der Waals surface area contributed by atoms with Crippen LogP contribution in [0.15, 0.2) is 65.9 Å². The van der Waals surface area contributed by atoms with Crippen molar-refractivity contribution in [2.75, 3.05) is 33.2 Å². The lowest BCUT2D eigenvalue weighted by molar-refractivity contribution is -0.143. The van der Waals surface area contributed by atoms with Crippen LogP contribution in [0, 0.1) is 11.8 Å². The zero-order valence-electron chi connectivity index (χ0n) is 32.3. The van der Waals surface area contributed by atoms with Crippen molar-refractivity contribution in [3.63, 3.8) is 0 Å². The molecule has 3 amide bonds. The van der Waals surface area contributed by atoms with Crippen molar-refractivity contribution in [2.24, 2.45) is 22.6 Å². The van der Waals surface area contributed by atoms with E-state index in [1.54, 1.807) is 11.1 Å². The number of carbonyl (C=O) groups is 3. The summed E-state index contributed by atoms with van der Waals surface area (Å²) in [5.74, 6) is 2.03. The first-order chi connectivity index (χ1) is 26.5. The van der Waals surface area contributed by atoms with Crippen LogP contribution in [-0.4, -0.2) is 104 Å². The molecular weight excluding hydrogens is 697 g/mol. The number of aromatic amines is 2. The summed E-state index contributed by atoms with van der Waals surface area (Å²) in [5, 5.41) is 3.42. The molecule has 5 N–H and O–H groups in total. The third-order valence-corrected chi connectivity index (χ3v) is 11.0. The van der Waals surface area contributed by atoms with Crippen LogP contribution in [0.5, 0.6) is 0 Å². The van der Waals surface area contributed by atoms with Gasteiger partial charge in [0.2, 0.25) is 5.91 Å². The number of imidazole rings is 2. The van der Waals surface area contributed by atoms with Crippen LogP contribution in [0.2, 0.25) is 0 Å². The van der Waals surface area contributed by atoms with Crippen LogP contribution in [0.3, 0.4) is 0 Å². The minimum atomic E-state index is -0.955. The Kier molecular flexibility index (Phi) is 10.9. The highest BCUT2D eigenvalue weighted by molar-refractivity contribution is 5.90. The van der Waals surface area contributed by atoms with Crippen molar-refractivity contribution in [1.82, 2.24) is 40.0 Å². The van der Waals surface area contributed by atoms with Gasteiger partial charge >= 0.3 is 6.09 Å². The molecule has 2 aromatic heterocycles. The maximum atomic E-state index is 13.9. The smallest absolute Gasteiger partial charge is 0.405 e. The second-order valence-electron chi connectivity index (χ2n) is 15.5. The largest absolute Gasteiger partial charge is 0.436 e. The van der Waals surface area contributed by atoms with Crippen molar-refractivity contribution in [3.8, 4) is 33.6 Å². The number of ether oxygens (including phenoxy) is 1. The molecule has 0 spiro atoms. The Morgan fingerprint density at radius 1 is 0.745 bits per heavy atom. The molecule has 0 bridgehead atoms. The zero-order chi connectivity index (χ0) is 38.8. The number of nitrogens with one attached hydrogen (secondary N) is 3. The average molecular weight is 749 g/mol. The van der Waals surface area contributed by atoms with E-state index in [0.29, 0.717) is 18.9 Å². The van der Waals surface area contributed by atoms with Crippen molar-refractivity contribution in [3.05, 3.63) is 72.6 Å². The number of H-pyrrole nitrogens is 2. The molecule has 2 aromatic carbocycles. The molecule has 1 unspecified atom stereocenters. The van der Waals surface area contributed by atoms with Gasteiger partial charge in [-0.3, -0.25) is 14.6 Å². The number of likely N-dealkylation sites (N-methyl/N-ethyl adjacent to an activating group) is 1. The summed E-state index contributed by atoms with van der Waals surface area (Å²) in [6.45, 7) is 10.7. The number of hydrogen-bond donors (Lipinski definition) is 4. The Balaban J connectivity index is 0.997. The predicted molar refractivity (Wildman–Crippen MR) is 210 cm³/mol. The highest BCUT2D eigenvalue weighted by Gasteiger charge is 2.39. The van der Waals surface area contributed by atoms with Gasteiger partial charge in [0.25, 0.3) is 5.91 Å². The molecule has 0 aliphatic carbocycles. The number of aliphatic imine (C=N–C) groups is 1. The molecule has 5 heterocycles. The number of benzene rings is 2. The fourth-order valence-corrected chi connectivity index (χ4v) is 7.90. The van der Waals surface area contributed by atoms with Crippen LogP contribution in [-0.2, 0) is 14.3 Å². The van der Waals surface area contributed by atoms with Gasteiger partial charge in [-0.15, -0.1) is 0 Å². The summed E-state index contributed by atoms with van der Waals surface area (Å²) in [6.07, 6.45) is 5.15. The molecule has 0 saturated carbocycles. The minimum absolute atomic E-state index is 0.0859. The number of amides is 3. The van der Waals surface area contributed by atoms with Crippen molar-refractivity contribution in [1.29, 1.82) is 0 Å². The standard InChI is InChI=1S/C41H52N10O4/c1-24(2)34(48-41-43-18-21-49(41)5)38(52)50-19-6-8-32(50)36-44-22-30(46-36)28-14-10-26(11-15-28)27-12-16-29(17-13-27)31-23-45-37(47-31)33-9-7-20-51(33)39(53)35(25(3)4)55-40(42)54/h10-17,22-25,32-35H,6-9,18-21H2,1-5H3,(H2,42,54)(H,43,48)(H,44,46)(H,45,47)/t32?,33-,34-,35-/m0/s1. The number of aromatic nitrogens is 4. The summed E-state index contributed by atoms with van der Waals surface area (Å²) in [4.78, 5) is 65.4. The summed E-state index contributed by atoms with van der Waals surface area (Å²) in [7, 11) is 2.00. The Morgan fingerprint density at radius 3 is 1.67 bits per heavy atom. The van der Waals surface area contributed by atoms with Crippen LogP contribution in [0.4, 0.5) is 4.79 Å². The maximum Gasteiger partial charge on any atom is 0.405 e. The van der Waals surface area contributed by atoms with Crippen LogP contribution >= 0.6 is 0 Å². The second kappa shape index (κ2) is 16.0. The van der Waals surface area contributed by atoms with Gasteiger partial charge in [-0.25, -0.2) is 14.8 Å². The lowest BCUT2D eigenvalue weighted by Crippen LogP contribution is -2.53. The summed E-state index contributed by atoms with van der Waals surface area (Å²) in [6, 6.07) is 16.0. The molecule has 2 saturated heterocycles. The summed E-state index contributed by atoms with van der Waals surface area (Å²) >= 11 is 0. The fraction of sp³-hybridized carbons (Fsp3) is 0.463. The quantitative estimate of drug-likeness (QED) is 0.155. The fourth-order valence-electron chi connectivity index (χ4n) is 7.90. The highest BCUT2D eigenvalue weighted by atomic mass is 16.6. The molecule has 290 valence electrons. The zero-order valence-corrected chi connectivity index (χ0v) is 32.3. The van der Waals surface area contributed by atoms with Gasteiger partial charge in [0.1, 0.15) is 17.7 Å². The van der Waals surface area contributed by atoms with Gasteiger partial charge in [-0.05, 0) is 59.8 Å². The number of guanidine groups is 1. The average Bonchev–Trinajstić information content (AvgIpc) is 4.02. The lowest BCUT2D eigenvalue weighted by atomic mass is 10.0. The maximum absolute atomic E-state index is 13.9. The van der Waals surface area contributed by atoms with E-state index < -0.39 is 12.2 Å². The third-order valence-electron chi connectivity index (χ3n) is 11.0. The minimum Gasteiger partial charge on any atom is -0.436 e. The van der Waals surface area contributed by atoms with E-state index in [9.17, 15) is 14.4 Å². The van der Waals surface area contributed by atoms with E-state index in [2.05, 4.69) is 92.5 Å². The second-order valence-corrected chi connectivity index (χ2v) is 15.5. The van der Waals surface area contributed by atoms with E-state index in [1.165, 1.54) is 0 Å². The normalized spacial score (nSPS) is 19.6. The first-order valence-electron chi connectivity index (χ1n) is 19.4. The molecule has 3 aliphatic rings. The number of nitrogens with two attached hydrogens (primary N) is 1. The van der Waals surface area contributed by atoms with E-state index in [0.717, 1.165) is 84.2 Å². The van der Waals surface area contributed by atoms with Gasteiger partial charge in [0, 0.05) is 26.7 Å². The number of likely N-dealkylation sites (tertiary alicyclic amines) is 2. The molecule has 4 aromatic rings. The molecule has 14 nitrogen and oxygen atoms in total. The molecule has 4 atom stereocenters. The number of rotatable bonds is 11. The Bertz CT molecular complexity index is 2020. The number of nitrogens with zero attached hydrogens (tertiary/aromatic N) is 6. The van der Waals surface area contributed by atoms with Gasteiger partial charge in [0.05, 0.1) is 42.4 Å². The SMILES string of the molecule is CC(C)[C@H](NC1=NCCN1C)C(=O)N1CCCC1c1ncc(-c2ccc(-c3ccc(-c4cnc([C@@H]5CCCN5C(=O)[C@@H](OC(N)=O)C(C)C)[nH]4)cc3)cc2)[nH]1. The van der Waals surface area contributed by atoms with E-state index >= 15 is 0 Å².